The van der Waals surface area contributed by atoms with Crippen LogP contribution in [0.4, 0.5) is 11.4 Å². The highest BCUT2D eigenvalue weighted by molar-refractivity contribution is 5.99. The fourth-order valence-electron chi connectivity index (χ4n) is 2.17. The first-order chi connectivity index (χ1) is 8.11. The number of primary amides is 1. The fraction of sp³-hybridized carbons (Fsp3) is 0.417. The number of benzene rings is 1. The molecule has 5 N–H and O–H groups in total. The molecule has 17 heavy (non-hydrogen) atoms. The molecule has 1 aliphatic rings. The number of hydrogen-bond acceptors (Lipinski definition) is 4. The molecule has 92 valence electrons. The first-order valence-corrected chi connectivity index (χ1v) is 5.67. The van der Waals surface area contributed by atoms with Gasteiger partial charge in [-0.2, -0.15) is 0 Å². The summed E-state index contributed by atoms with van der Waals surface area (Å²) >= 11 is 0. The number of nitrogens with zero attached hydrogens (tertiary/aromatic N) is 1. The molecule has 0 aliphatic carbocycles. The van der Waals surface area contributed by atoms with E-state index in [0.29, 0.717) is 17.2 Å². The number of aliphatic hydroxyl groups is 1. The van der Waals surface area contributed by atoms with Crippen molar-refractivity contribution in [2.24, 2.45) is 11.7 Å². The standard InChI is InChI=1S/C12H17N3O2/c13-11-2-1-9(5-10(11)12(14)17)15-4-3-8(6-15)7-16/h1-2,5,8,16H,3-4,6-7,13H2,(H2,14,17). The van der Waals surface area contributed by atoms with Crippen LogP contribution in [0, 0.1) is 5.92 Å². The number of aliphatic hydroxyl groups excluding tert-OH is 1. The van der Waals surface area contributed by atoms with Crippen molar-refractivity contribution < 1.29 is 9.90 Å². The third kappa shape index (κ3) is 2.34. The molecule has 1 unspecified atom stereocenters. The third-order valence-corrected chi connectivity index (χ3v) is 3.21. The molecule has 0 bridgehead atoms. The van der Waals surface area contributed by atoms with Gasteiger partial charge in [-0.3, -0.25) is 4.79 Å². The smallest absolute Gasteiger partial charge is 0.250 e. The SMILES string of the molecule is NC(=O)c1cc(N2CCC(CO)C2)ccc1N. The molecular weight excluding hydrogens is 218 g/mol. The Hall–Kier alpha value is -1.75. The summed E-state index contributed by atoms with van der Waals surface area (Å²) in [5, 5.41) is 9.10. The Labute approximate surface area is 100 Å². The molecule has 1 aromatic carbocycles. The van der Waals surface area contributed by atoms with E-state index in [1.54, 1.807) is 12.1 Å². The van der Waals surface area contributed by atoms with Crippen LogP contribution >= 0.6 is 0 Å². The van der Waals surface area contributed by atoms with Gasteiger partial charge in [-0.05, 0) is 24.6 Å². The number of amides is 1. The number of carbonyl (C=O) groups is 1. The Balaban J connectivity index is 2.22. The number of anilines is 2. The van der Waals surface area contributed by atoms with Crippen LogP contribution < -0.4 is 16.4 Å². The molecule has 0 aromatic heterocycles. The van der Waals surface area contributed by atoms with Crippen LogP contribution in [0.2, 0.25) is 0 Å². The summed E-state index contributed by atoms with van der Waals surface area (Å²) in [6, 6.07) is 5.29. The highest BCUT2D eigenvalue weighted by Gasteiger charge is 2.22. The zero-order valence-corrected chi connectivity index (χ0v) is 9.60. The molecule has 0 saturated carbocycles. The minimum atomic E-state index is -0.512. The minimum Gasteiger partial charge on any atom is -0.398 e. The van der Waals surface area contributed by atoms with E-state index in [0.717, 1.165) is 25.2 Å². The summed E-state index contributed by atoms with van der Waals surface area (Å²) in [5.74, 6) is -0.202. The van der Waals surface area contributed by atoms with Gasteiger partial charge in [-0.1, -0.05) is 0 Å². The molecule has 5 nitrogen and oxygen atoms in total. The number of nitrogens with two attached hydrogens (primary N) is 2. The van der Waals surface area contributed by atoms with E-state index in [-0.39, 0.29) is 6.61 Å². The highest BCUT2D eigenvalue weighted by atomic mass is 16.3. The monoisotopic (exact) mass is 235 g/mol. The zero-order valence-electron chi connectivity index (χ0n) is 9.60. The van der Waals surface area contributed by atoms with Crippen molar-refractivity contribution in [3.05, 3.63) is 23.8 Å². The normalized spacial score (nSPS) is 19.6. The molecule has 1 saturated heterocycles. The van der Waals surface area contributed by atoms with Gasteiger partial charge in [0, 0.05) is 37.0 Å². The Bertz CT molecular complexity index is 434. The van der Waals surface area contributed by atoms with Gasteiger partial charge in [-0.25, -0.2) is 0 Å². The molecule has 1 aromatic rings. The quantitative estimate of drug-likeness (QED) is 0.652. The molecule has 5 heteroatoms. The maximum Gasteiger partial charge on any atom is 0.250 e. The van der Waals surface area contributed by atoms with Crippen molar-refractivity contribution in [3.63, 3.8) is 0 Å². The summed E-state index contributed by atoms with van der Waals surface area (Å²) in [6.45, 7) is 1.89. The molecule has 0 radical (unpaired) electrons. The summed E-state index contributed by atoms with van der Waals surface area (Å²) in [5.41, 5.74) is 12.6. The van der Waals surface area contributed by atoms with Crippen LogP contribution in [0.1, 0.15) is 16.8 Å². The van der Waals surface area contributed by atoms with Crippen molar-refractivity contribution in [3.8, 4) is 0 Å². The van der Waals surface area contributed by atoms with Crippen LogP contribution in [0.3, 0.4) is 0 Å². The fourth-order valence-corrected chi connectivity index (χ4v) is 2.17. The van der Waals surface area contributed by atoms with E-state index < -0.39 is 5.91 Å². The van der Waals surface area contributed by atoms with Gasteiger partial charge in [-0.15, -0.1) is 0 Å². The van der Waals surface area contributed by atoms with Crippen molar-refractivity contribution >= 4 is 17.3 Å². The van der Waals surface area contributed by atoms with Gasteiger partial charge in [0.2, 0.25) is 0 Å². The molecule has 1 heterocycles. The van der Waals surface area contributed by atoms with E-state index in [4.69, 9.17) is 16.6 Å². The first-order valence-electron chi connectivity index (χ1n) is 5.67. The van der Waals surface area contributed by atoms with Crippen LogP contribution in [-0.4, -0.2) is 30.7 Å². The van der Waals surface area contributed by atoms with Crippen LogP contribution in [0.25, 0.3) is 0 Å². The summed E-state index contributed by atoms with van der Waals surface area (Å²) < 4.78 is 0. The van der Waals surface area contributed by atoms with E-state index in [2.05, 4.69) is 4.90 Å². The molecule has 2 rings (SSSR count). The Kier molecular flexibility index (Phi) is 3.19. The zero-order chi connectivity index (χ0) is 12.4. The lowest BCUT2D eigenvalue weighted by atomic mass is 10.1. The number of nitrogen functional groups attached to an aromatic ring is 1. The van der Waals surface area contributed by atoms with Gasteiger partial charge >= 0.3 is 0 Å². The van der Waals surface area contributed by atoms with Gasteiger partial charge in [0.15, 0.2) is 0 Å². The number of rotatable bonds is 3. The molecule has 1 amide bonds. The lowest BCUT2D eigenvalue weighted by Crippen LogP contribution is -2.22. The molecule has 1 aliphatic heterocycles. The third-order valence-electron chi connectivity index (χ3n) is 3.21. The van der Waals surface area contributed by atoms with Crippen molar-refractivity contribution in [1.29, 1.82) is 0 Å². The largest absolute Gasteiger partial charge is 0.398 e. The summed E-state index contributed by atoms with van der Waals surface area (Å²) in [6.07, 6.45) is 0.965. The van der Waals surface area contributed by atoms with Crippen LogP contribution in [0.5, 0.6) is 0 Å². The Morgan fingerprint density at radius 2 is 2.29 bits per heavy atom. The maximum atomic E-state index is 11.2. The van der Waals surface area contributed by atoms with Gasteiger partial charge in [0.05, 0.1) is 5.56 Å². The van der Waals surface area contributed by atoms with Crippen molar-refractivity contribution in [2.75, 3.05) is 30.3 Å². The minimum absolute atomic E-state index is 0.203. The van der Waals surface area contributed by atoms with E-state index in [9.17, 15) is 4.79 Å². The van der Waals surface area contributed by atoms with E-state index >= 15 is 0 Å². The second kappa shape index (κ2) is 4.63. The second-order valence-electron chi connectivity index (χ2n) is 4.42. The lowest BCUT2D eigenvalue weighted by molar-refractivity contribution is 0.100. The first kappa shape index (κ1) is 11.7. The molecule has 1 fully saturated rings. The average Bonchev–Trinajstić information content (AvgIpc) is 2.78. The van der Waals surface area contributed by atoms with Crippen LogP contribution in [-0.2, 0) is 0 Å². The number of carbonyl (C=O) groups excluding carboxylic acids is 1. The number of hydrogen-bond donors (Lipinski definition) is 3. The van der Waals surface area contributed by atoms with Crippen LogP contribution in [0.15, 0.2) is 18.2 Å². The Morgan fingerprint density at radius 1 is 1.53 bits per heavy atom. The summed E-state index contributed by atoms with van der Waals surface area (Å²) in [7, 11) is 0. The van der Waals surface area contributed by atoms with Gasteiger partial charge in [0.25, 0.3) is 5.91 Å². The average molecular weight is 235 g/mol. The van der Waals surface area contributed by atoms with E-state index in [1.807, 2.05) is 6.07 Å². The van der Waals surface area contributed by atoms with E-state index in [1.165, 1.54) is 0 Å². The highest BCUT2D eigenvalue weighted by Crippen LogP contribution is 2.26. The van der Waals surface area contributed by atoms with Crippen molar-refractivity contribution in [2.45, 2.75) is 6.42 Å². The molecule has 0 spiro atoms. The summed E-state index contributed by atoms with van der Waals surface area (Å²) in [4.78, 5) is 13.3. The van der Waals surface area contributed by atoms with Gasteiger partial charge < -0.3 is 21.5 Å². The van der Waals surface area contributed by atoms with Gasteiger partial charge in [0.1, 0.15) is 0 Å². The van der Waals surface area contributed by atoms with Crippen molar-refractivity contribution in [1.82, 2.24) is 0 Å². The Morgan fingerprint density at radius 3 is 2.88 bits per heavy atom. The molecular formula is C12H17N3O2. The molecule has 1 atom stereocenters. The predicted octanol–water partition coefficient (Wildman–Crippen LogP) is 0.186. The predicted molar refractivity (Wildman–Crippen MR) is 66.8 cm³/mol. The maximum absolute atomic E-state index is 11.2. The lowest BCUT2D eigenvalue weighted by Gasteiger charge is -2.19. The second-order valence-corrected chi connectivity index (χ2v) is 4.42. The topological polar surface area (TPSA) is 92.6 Å².